The number of halogens is 1. The van der Waals surface area contributed by atoms with Crippen LogP contribution in [0.4, 0.5) is 0 Å². The molecule has 0 saturated heterocycles. The zero-order chi connectivity index (χ0) is 12.0. The summed E-state index contributed by atoms with van der Waals surface area (Å²) in [6.07, 6.45) is 2.97. The lowest BCUT2D eigenvalue weighted by atomic mass is 10.1. The zero-order valence-electron chi connectivity index (χ0n) is 10.4. The van der Waals surface area contributed by atoms with Gasteiger partial charge < -0.3 is 5.32 Å². The number of rotatable bonds is 6. The smallest absolute Gasteiger partial charge is 0.279 e. The molecule has 0 aromatic carbocycles. The van der Waals surface area contributed by atoms with Crippen molar-refractivity contribution in [3.8, 4) is 0 Å². The number of nitrogens with zero attached hydrogens (tertiary/aromatic N) is 1. The van der Waals surface area contributed by atoms with Gasteiger partial charge in [0.05, 0.1) is 0 Å². The lowest BCUT2D eigenvalue weighted by Crippen LogP contribution is -2.41. The van der Waals surface area contributed by atoms with Crippen molar-refractivity contribution in [2.45, 2.75) is 20.3 Å². The summed E-state index contributed by atoms with van der Waals surface area (Å²) in [7, 11) is -3.30. The van der Waals surface area contributed by atoms with Crippen LogP contribution in [0.2, 0.25) is 0 Å². The van der Waals surface area contributed by atoms with E-state index in [1.807, 2.05) is 19.9 Å². The fraction of sp³-hybridized carbons (Fsp3) is 0.800. The summed E-state index contributed by atoms with van der Waals surface area (Å²) in [5.74, 6) is 0. The first-order chi connectivity index (χ1) is 7.60. The second-order valence-corrected chi connectivity index (χ2v) is 5.48. The molecule has 17 heavy (non-hydrogen) atoms. The molecule has 0 unspecified atom stereocenters. The largest absolute Gasteiger partial charge is 0.313 e. The number of hydrogen-bond donors (Lipinski definition) is 2. The van der Waals surface area contributed by atoms with Crippen LogP contribution in [0.1, 0.15) is 20.3 Å². The molecule has 1 heterocycles. The molecule has 1 rings (SSSR count). The zero-order valence-corrected chi connectivity index (χ0v) is 12.0. The van der Waals surface area contributed by atoms with Crippen molar-refractivity contribution in [3.63, 3.8) is 0 Å². The molecule has 0 bridgehead atoms. The minimum absolute atomic E-state index is 0. The Hall–Kier alpha value is -0.140. The maximum Gasteiger partial charge on any atom is 0.279 e. The molecule has 5 nitrogen and oxygen atoms in total. The molecule has 0 atom stereocenters. The van der Waals surface area contributed by atoms with Crippen molar-refractivity contribution >= 4 is 22.6 Å². The van der Waals surface area contributed by atoms with Crippen LogP contribution in [0.25, 0.3) is 0 Å². The third kappa shape index (κ3) is 5.35. The predicted octanol–water partition coefficient (Wildman–Crippen LogP) is 0.504. The molecule has 1 aliphatic heterocycles. The molecular formula is C10H22ClN3O2S. The van der Waals surface area contributed by atoms with Gasteiger partial charge in [-0.05, 0) is 13.0 Å². The van der Waals surface area contributed by atoms with E-state index in [4.69, 9.17) is 0 Å². The molecule has 0 radical (unpaired) electrons. The molecule has 1 aliphatic rings. The summed E-state index contributed by atoms with van der Waals surface area (Å²) in [5, 5.41) is 3.19. The van der Waals surface area contributed by atoms with Gasteiger partial charge in [0.25, 0.3) is 10.2 Å². The minimum Gasteiger partial charge on any atom is -0.313 e. The molecule has 7 heteroatoms. The minimum atomic E-state index is -3.30. The van der Waals surface area contributed by atoms with Crippen LogP contribution >= 0.6 is 12.4 Å². The lowest BCUT2D eigenvalue weighted by molar-refractivity contribution is 0.436. The second-order valence-electron chi connectivity index (χ2n) is 3.73. The van der Waals surface area contributed by atoms with Crippen molar-refractivity contribution < 1.29 is 8.42 Å². The third-order valence-corrected chi connectivity index (χ3v) is 4.39. The SMILES string of the molecule is CCN(CC)S(=O)(=O)NCC1=CCNCC1.Cl. The highest BCUT2D eigenvalue weighted by Crippen LogP contribution is 2.04. The Kier molecular flexibility index (Phi) is 7.98. The van der Waals surface area contributed by atoms with Gasteiger partial charge in [-0.25, -0.2) is 0 Å². The molecular weight excluding hydrogens is 262 g/mol. The van der Waals surface area contributed by atoms with Crippen molar-refractivity contribution in [1.82, 2.24) is 14.3 Å². The number of nitrogens with one attached hydrogen (secondary N) is 2. The molecule has 102 valence electrons. The fourth-order valence-electron chi connectivity index (χ4n) is 1.67. The average molecular weight is 284 g/mol. The van der Waals surface area contributed by atoms with Crippen molar-refractivity contribution in [2.75, 3.05) is 32.7 Å². The van der Waals surface area contributed by atoms with E-state index in [1.54, 1.807) is 0 Å². The van der Waals surface area contributed by atoms with Crippen molar-refractivity contribution in [3.05, 3.63) is 11.6 Å². The first kappa shape index (κ1) is 16.9. The first-order valence-electron chi connectivity index (χ1n) is 5.73. The van der Waals surface area contributed by atoms with E-state index in [9.17, 15) is 8.42 Å². The van der Waals surface area contributed by atoms with E-state index < -0.39 is 10.2 Å². The topological polar surface area (TPSA) is 61.4 Å². The molecule has 0 spiro atoms. The monoisotopic (exact) mass is 283 g/mol. The Morgan fingerprint density at radius 1 is 1.41 bits per heavy atom. The summed E-state index contributed by atoms with van der Waals surface area (Å²) in [6, 6.07) is 0. The summed E-state index contributed by atoms with van der Waals surface area (Å²) in [6.45, 7) is 6.89. The quantitative estimate of drug-likeness (QED) is 0.698. The van der Waals surface area contributed by atoms with Gasteiger partial charge in [0.15, 0.2) is 0 Å². The Morgan fingerprint density at radius 3 is 2.53 bits per heavy atom. The molecule has 0 amide bonds. The van der Waals surface area contributed by atoms with Gasteiger partial charge in [-0.15, -0.1) is 12.4 Å². The average Bonchev–Trinajstić information content (AvgIpc) is 2.29. The molecule has 0 aliphatic carbocycles. The molecule has 0 aromatic heterocycles. The van der Waals surface area contributed by atoms with E-state index in [0.717, 1.165) is 25.1 Å². The highest BCUT2D eigenvalue weighted by molar-refractivity contribution is 7.87. The third-order valence-electron chi connectivity index (χ3n) is 2.68. The molecule has 0 saturated carbocycles. The fourth-order valence-corrected chi connectivity index (χ4v) is 2.90. The van der Waals surface area contributed by atoms with Gasteiger partial charge in [-0.3, -0.25) is 0 Å². The van der Waals surface area contributed by atoms with E-state index in [-0.39, 0.29) is 12.4 Å². The van der Waals surface area contributed by atoms with Crippen LogP contribution in [0.15, 0.2) is 11.6 Å². The van der Waals surface area contributed by atoms with Crippen LogP contribution < -0.4 is 10.0 Å². The van der Waals surface area contributed by atoms with Crippen LogP contribution in [-0.2, 0) is 10.2 Å². The van der Waals surface area contributed by atoms with E-state index in [0.29, 0.717) is 19.6 Å². The van der Waals surface area contributed by atoms with Crippen LogP contribution in [0.3, 0.4) is 0 Å². The summed E-state index contributed by atoms with van der Waals surface area (Å²) in [4.78, 5) is 0. The molecule has 2 N–H and O–H groups in total. The highest BCUT2D eigenvalue weighted by Gasteiger charge is 2.18. The Balaban J connectivity index is 0.00000256. The van der Waals surface area contributed by atoms with E-state index >= 15 is 0 Å². The normalized spacial score (nSPS) is 16.5. The predicted molar refractivity (Wildman–Crippen MR) is 72.7 cm³/mol. The van der Waals surface area contributed by atoms with E-state index in [1.165, 1.54) is 4.31 Å². The highest BCUT2D eigenvalue weighted by atomic mass is 35.5. The van der Waals surface area contributed by atoms with E-state index in [2.05, 4.69) is 10.0 Å². The van der Waals surface area contributed by atoms with Crippen LogP contribution in [0, 0.1) is 0 Å². The van der Waals surface area contributed by atoms with Gasteiger partial charge in [0.2, 0.25) is 0 Å². The summed E-state index contributed by atoms with van der Waals surface area (Å²) in [5.41, 5.74) is 1.16. The van der Waals surface area contributed by atoms with Gasteiger partial charge in [-0.1, -0.05) is 25.5 Å². The van der Waals surface area contributed by atoms with Crippen molar-refractivity contribution in [2.24, 2.45) is 0 Å². The van der Waals surface area contributed by atoms with Gasteiger partial charge in [0.1, 0.15) is 0 Å². The van der Waals surface area contributed by atoms with Gasteiger partial charge >= 0.3 is 0 Å². The Bertz CT molecular complexity index is 339. The Morgan fingerprint density at radius 2 is 2.06 bits per heavy atom. The second kappa shape index (κ2) is 8.05. The van der Waals surface area contributed by atoms with Crippen LogP contribution in [-0.4, -0.2) is 45.4 Å². The first-order valence-corrected chi connectivity index (χ1v) is 7.17. The van der Waals surface area contributed by atoms with Crippen LogP contribution in [0.5, 0.6) is 0 Å². The summed E-state index contributed by atoms with van der Waals surface area (Å²) < 4.78 is 27.7. The summed E-state index contributed by atoms with van der Waals surface area (Å²) >= 11 is 0. The van der Waals surface area contributed by atoms with Gasteiger partial charge in [-0.2, -0.15) is 17.4 Å². The van der Waals surface area contributed by atoms with Gasteiger partial charge in [0, 0.05) is 26.2 Å². The maximum atomic E-state index is 11.8. The number of hydrogen-bond acceptors (Lipinski definition) is 3. The molecule has 0 fully saturated rings. The maximum absolute atomic E-state index is 11.8. The Labute approximate surface area is 110 Å². The molecule has 0 aromatic rings. The lowest BCUT2D eigenvalue weighted by Gasteiger charge is -2.20. The van der Waals surface area contributed by atoms with Crippen molar-refractivity contribution in [1.29, 1.82) is 0 Å². The standard InChI is InChI=1S/C10H21N3O2S.ClH/c1-3-13(4-2)16(14,15)12-9-10-5-7-11-8-6-10;/h5,11-12H,3-4,6-9H2,1-2H3;1H.